The van der Waals surface area contributed by atoms with Crippen LogP contribution in [-0.4, -0.2) is 17.9 Å². The van der Waals surface area contributed by atoms with Crippen LogP contribution in [0.1, 0.15) is 16.3 Å². The van der Waals surface area contributed by atoms with Gasteiger partial charge < -0.3 is 14.5 Å². The van der Waals surface area contributed by atoms with Crippen LogP contribution in [0.2, 0.25) is 0 Å². The Morgan fingerprint density at radius 3 is 2.80 bits per heavy atom. The molecular formula is C13H12N2O5. The number of nitro groups is 1. The molecule has 0 atom stereocenters. The van der Waals surface area contributed by atoms with Gasteiger partial charge in [-0.2, -0.15) is 0 Å². The van der Waals surface area contributed by atoms with Gasteiger partial charge in [0.15, 0.2) is 11.5 Å². The first kappa shape index (κ1) is 13.6. The third-order valence-electron chi connectivity index (χ3n) is 2.54. The van der Waals surface area contributed by atoms with Gasteiger partial charge in [-0.3, -0.25) is 14.9 Å². The fourth-order valence-corrected chi connectivity index (χ4v) is 1.58. The largest absolute Gasteiger partial charge is 0.479 e. The van der Waals surface area contributed by atoms with Gasteiger partial charge in [0, 0.05) is 13.1 Å². The average molecular weight is 276 g/mol. The zero-order valence-corrected chi connectivity index (χ0v) is 10.7. The maximum Gasteiger partial charge on any atom is 0.310 e. The molecule has 7 nitrogen and oxygen atoms in total. The quantitative estimate of drug-likeness (QED) is 0.666. The normalized spacial score (nSPS) is 10.1. The van der Waals surface area contributed by atoms with Gasteiger partial charge in [0.1, 0.15) is 12.4 Å². The van der Waals surface area contributed by atoms with Crippen LogP contribution in [0.3, 0.4) is 0 Å². The highest BCUT2D eigenvalue weighted by Gasteiger charge is 2.15. The van der Waals surface area contributed by atoms with Crippen molar-refractivity contribution in [3.05, 3.63) is 58.0 Å². The van der Waals surface area contributed by atoms with Crippen molar-refractivity contribution in [2.24, 2.45) is 0 Å². The number of para-hydroxylation sites is 2. The first-order chi connectivity index (χ1) is 9.61. The maximum atomic E-state index is 11.3. The second kappa shape index (κ2) is 5.87. The lowest BCUT2D eigenvalue weighted by atomic mass is 10.3. The summed E-state index contributed by atoms with van der Waals surface area (Å²) < 4.78 is 10.6. The SMILES string of the molecule is CNC(=O)c1ccc(COc2ccccc2[N+](=O)[O-])o1. The summed E-state index contributed by atoms with van der Waals surface area (Å²) in [5.74, 6) is 0.368. The van der Waals surface area contributed by atoms with Gasteiger partial charge in [0.2, 0.25) is 0 Å². The lowest BCUT2D eigenvalue weighted by Gasteiger charge is -2.04. The van der Waals surface area contributed by atoms with Gasteiger partial charge in [-0.15, -0.1) is 0 Å². The zero-order chi connectivity index (χ0) is 14.5. The fraction of sp³-hybridized carbons (Fsp3) is 0.154. The van der Waals surface area contributed by atoms with Crippen molar-refractivity contribution in [2.45, 2.75) is 6.61 Å². The Labute approximate surface area is 114 Å². The van der Waals surface area contributed by atoms with E-state index in [0.717, 1.165) is 0 Å². The number of nitrogens with one attached hydrogen (secondary N) is 1. The van der Waals surface area contributed by atoms with Crippen LogP contribution in [0.4, 0.5) is 5.69 Å². The van der Waals surface area contributed by atoms with Crippen molar-refractivity contribution in [1.29, 1.82) is 0 Å². The van der Waals surface area contributed by atoms with E-state index in [2.05, 4.69) is 5.32 Å². The van der Waals surface area contributed by atoms with Crippen LogP contribution >= 0.6 is 0 Å². The number of nitro benzene ring substituents is 1. The summed E-state index contributed by atoms with van der Waals surface area (Å²) in [6, 6.07) is 9.15. The highest BCUT2D eigenvalue weighted by Crippen LogP contribution is 2.26. The molecule has 0 bridgehead atoms. The topological polar surface area (TPSA) is 94.6 Å². The number of benzene rings is 1. The first-order valence-corrected chi connectivity index (χ1v) is 5.79. The van der Waals surface area contributed by atoms with E-state index in [1.807, 2.05) is 0 Å². The molecular weight excluding hydrogens is 264 g/mol. The van der Waals surface area contributed by atoms with Crippen LogP contribution in [-0.2, 0) is 6.61 Å². The van der Waals surface area contributed by atoms with Crippen LogP contribution < -0.4 is 10.1 Å². The number of amides is 1. The highest BCUT2D eigenvalue weighted by molar-refractivity contribution is 5.91. The molecule has 0 aliphatic carbocycles. The maximum absolute atomic E-state index is 11.3. The molecule has 0 saturated heterocycles. The van der Waals surface area contributed by atoms with E-state index in [1.165, 1.54) is 25.2 Å². The molecule has 1 aromatic carbocycles. The molecule has 1 heterocycles. The predicted molar refractivity (Wildman–Crippen MR) is 69.5 cm³/mol. The van der Waals surface area contributed by atoms with E-state index >= 15 is 0 Å². The van der Waals surface area contributed by atoms with Crippen molar-refractivity contribution in [1.82, 2.24) is 5.32 Å². The molecule has 0 unspecified atom stereocenters. The van der Waals surface area contributed by atoms with E-state index < -0.39 is 4.92 Å². The molecule has 104 valence electrons. The Balaban J connectivity index is 2.07. The number of hydrogen-bond acceptors (Lipinski definition) is 5. The van der Waals surface area contributed by atoms with Gasteiger partial charge in [0.05, 0.1) is 4.92 Å². The van der Waals surface area contributed by atoms with Crippen LogP contribution in [0.5, 0.6) is 5.75 Å². The third kappa shape index (κ3) is 2.94. The van der Waals surface area contributed by atoms with Gasteiger partial charge >= 0.3 is 5.69 Å². The summed E-state index contributed by atoms with van der Waals surface area (Å²) in [6.07, 6.45) is 0. The van der Waals surface area contributed by atoms with Gasteiger partial charge in [-0.1, -0.05) is 12.1 Å². The minimum atomic E-state index is -0.520. The molecule has 20 heavy (non-hydrogen) atoms. The van der Waals surface area contributed by atoms with E-state index in [0.29, 0.717) is 5.76 Å². The monoisotopic (exact) mass is 276 g/mol. The van der Waals surface area contributed by atoms with Crippen molar-refractivity contribution >= 4 is 11.6 Å². The lowest BCUT2D eigenvalue weighted by molar-refractivity contribution is -0.386. The van der Waals surface area contributed by atoms with Crippen LogP contribution in [0, 0.1) is 10.1 Å². The Morgan fingerprint density at radius 2 is 2.10 bits per heavy atom. The highest BCUT2D eigenvalue weighted by atomic mass is 16.6. The lowest BCUT2D eigenvalue weighted by Crippen LogP contribution is -2.16. The van der Waals surface area contributed by atoms with Crippen molar-refractivity contribution < 1.29 is 18.9 Å². The van der Waals surface area contributed by atoms with E-state index in [-0.39, 0.29) is 29.7 Å². The molecule has 1 aromatic heterocycles. The van der Waals surface area contributed by atoms with Crippen LogP contribution in [0.15, 0.2) is 40.8 Å². The Kier molecular flexibility index (Phi) is 3.99. The molecule has 0 fully saturated rings. The molecule has 1 N–H and O–H groups in total. The Hall–Kier alpha value is -2.83. The predicted octanol–water partition coefficient (Wildman–Crippen LogP) is 2.13. The standard InChI is InChI=1S/C13H12N2O5/c1-14-13(16)12-7-6-9(20-12)8-19-11-5-3-2-4-10(11)15(17)18/h2-7H,8H2,1H3,(H,14,16). The van der Waals surface area contributed by atoms with E-state index in [4.69, 9.17) is 9.15 Å². The van der Waals surface area contributed by atoms with Gasteiger partial charge in [0.25, 0.3) is 5.91 Å². The molecule has 0 aliphatic heterocycles. The van der Waals surface area contributed by atoms with E-state index in [1.54, 1.807) is 18.2 Å². The number of rotatable bonds is 5. The molecule has 2 aromatic rings. The van der Waals surface area contributed by atoms with Gasteiger partial charge in [-0.25, -0.2) is 0 Å². The first-order valence-electron chi connectivity index (χ1n) is 5.79. The second-order valence-corrected chi connectivity index (χ2v) is 3.86. The molecule has 0 aliphatic rings. The number of carbonyl (C=O) groups is 1. The second-order valence-electron chi connectivity index (χ2n) is 3.86. The number of hydrogen-bond donors (Lipinski definition) is 1. The molecule has 0 radical (unpaired) electrons. The minimum absolute atomic E-state index is 0.00183. The van der Waals surface area contributed by atoms with Crippen molar-refractivity contribution in [3.8, 4) is 5.75 Å². The van der Waals surface area contributed by atoms with Gasteiger partial charge in [-0.05, 0) is 18.2 Å². The third-order valence-corrected chi connectivity index (χ3v) is 2.54. The summed E-state index contributed by atoms with van der Waals surface area (Å²) in [5.41, 5.74) is -0.120. The molecule has 7 heteroatoms. The number of furan rings is 1. The fourth-order valence-electron chi connectivity index (χ4n) is 1.58. The van der Waals surface area contributed by atoms with E-state index in [9.17, 15) is 14.9 Å². The number of carbonyl (C=O) groups excluding carboxylic acids is 1. The summed E-state index contributed by atoms with van der Waals surface area (Å²) in [6.45, 7) is 0.00183. The molecule has 0 spiro atoms. The molecule has 2 rings (SSSR count). The summed E-state index contributed by atoms with van der Waals surface area (Å²) in [7, 11) is 1.49. The average Bonchev–Trinajstić information content (AvgIpc) is 2.93. The Bertz CT molecular complexity index is 635. The molecule has 1 amide bonds. The van der Waals surface area contributed by atoms with Crippen LogP contribution in [0.25, 0.3) is 0 Å². The summed E-state index contributed by atoms with van der Waals surface area (Å²) in [5, 5.41) is 13.2. The smallest absolute Gasteiger partial charge is 0.310 e. The summed E-state index contributed by atoms with van der Waals surface area (Å²) >= 11 is 0. The number of ether oxygens (including phenoxy) is 1. The zero-order valence-electron chi connectivity index (χ0n) is 10.7. The van der Waals surface area contributed by atoms with Crippen molar-refractivity contribution in [2.75, 3.05) is 7.05 Å². The molecule has 0 saturated carbocycles. The van der Waals surface area contributed by atoms with Crippen molar-refractivity contribution in [3.63, 3.8) is 0 Å². The summed E-state index contributed by atoms with van der Waals surface area (Å²) in [4.78, 5) is 21.6. The Morgan fingerprint density at radius 1 is 1.35 bits per heavy atom. The minimum Gasteiger partial charge on any atom is -0.479 e. The number of nitrogens with zero attached hydrogens (tertiary/aromatic N) is 1.